The maximum atomic E-state index is 12.4. The number of nitrogens with one attached hydrogen (secondary N) is 1. The van der Waals surface area contributed by atoms with Crippen LogP contribution in [0.25, 0.3) is 0 Å². The van der Waals surface area contributed by atoms with Crippen molar-refractivity contribution in [1.82, 2.24) is 5.32 Å². The van der Waals surface area contributed by atoms with E-state index in [0.717, 1.165) is 44.9 Å². The zero-order valence-corrected chi connectivity index (χ0v) is 33.3. The zero-order valence-electron chi connectivity index (χ0n) is 33.3. The summed E-state index contributed by atoms with van der Waals surface area (Å²) >= 11 is 0. The van der Waals surface area contributed by atoms with Crippen molar-refractivity contribution in [3.05, 3.63) is 36.5 Å². The van der Waals surface area contributed by atoms with Crippen LogP contribution in [0.2, 0.25) is 0 Å². The fourth-order valence-electron chi connectivity index (χ4n) is 6.53. The highest BCUT2D eigenvalue weighted by Gasteiger charge is 2.26. The topological polar surface area (TPSA) is 89.8 Å². The third kappa shape index (κ3) is 35.0. The normalized spacial score (nSPS) is 13.9. The molecule has 4 N–H and O–H groups in total. The number of carbonyl (C=O) groups is 1. The van der Waals surface area contributed by atoms with E-state index in [9.17, 15) is 20.1 Å². The van der Waals surface area contributed by atoms with Crippen LogP contribution in [0.4, 0.5) is 0 Å². The number of hydrogen-bond acceptors (Lipinski definition) is 4. The van der Waals surface area contributed by atoms with Crippen LogP contribution in [0, 0.1) is 0 Å². The minimum Gasteiger partial charge on any atom is -0.394 e. The van der Waals surface area contributed by atoms with Crippen molar-refractivity contribution < 1.29 is 20.1 Å². The third-order valence-electron chi connectivity index (χ3n) is 9.94. The molecule has 0 radical (unpaired) electrons. The highest BCUT2D eigenvalue weighted by Crippen LogP contribution is 2.14. The van der Waals surface area contributed by atoms with Crippen LogP contribution in [0.5, 0.6) is 0 Å². The van der Waals surface area contributed by atoms with Gasteiger partial charge in [0, 0.05) is 6.42 Å². The molecule has 0 aliphatic carbocycles. The highest BCUT2D eigenvalue weighted by molar-refractivity contribution is 5.76. The number of rotatable bonds is 39. The van der Waals surface area contributed by atoms with Crippen LogP contribution in [-0.2, 0) is 4.79 Å². The van der Waals surface area contributed by atoms with Gasteiger partial charge in [0.25, 0.3) is 0 Å². The number of aliphatic hydroxyl groups is 3. The first-order valence-corrected chi connectivity index (χ1v) is 21.8. The van der Waals surface area contributed by atoms with Crippen molar-refractivity contribution in [1.29, 1.82) is 0 Å². The van der Waals surface area contributed by atoms with Crippen molar-refractivity contribution in [3.63, 3.8) is 0 Å². The fraction of sp³-hybridized carbons (Fsp3) is 0.844. The Morgan fingerprint density at radius 3 is 1.24 bits per heavy atom. The first-order valence-electron chi connectivity index (χ1n) is 21.8. The largest absolute Gasteiger partial charge is 0.394 e. The minimum atomic E-state index is -1.17. The molecule has 5 nitrogen and oxygen atoms in total. The first-order chi connectivity index (χ1) is 24.6. The zero-order chi connectivity index (χ0) is 36.6. The van der Waals surface area contributed by atoms with E-state index in [4.69, 9.17) is 0 Å². The Hall–Kier alpha value is -1.43. The Morgan fingerprint density at radius 2 is 0.820 bits per heavy atom. The summed E-state index contributed by atoms with van der Waals surface area (Å²) in [6.45, 7) is 4.14. The Morgan fingerprint density at radius 1 is 0.480 bits per heavy atom. The van der Waals surface area contributed by atoms with Crippen LogP contribution in [-0.4, -0.2) is 46.1 Å². The molecular formula is C45H85NO4. The Bertz CT molecular complexity index is 779. The molecule has 0 aliphatic rings. The van der Waals surface area contributed by atoms with E-state index in [2.05, 4.69) is 55.6 Å². The van der Waals surface area contributed by atoms with Gasteiger partial charge < -0.3 is 20.6 Å². The molecule has 0 rings (SSSR count). The van der Waals surface area contributed by atoms with E-state index in [-0.39, 0.29) is 12.5 Å². The Labute approximate surface area is 311 Å². The maximum absolute atomic E-state index is 12.4. The van der Waals surface area contributed by atoms with Gasteiger partial charge in [-0.1, -0.05) is 172 Å². The van der Waals surface area contributed by atoms with E-state index in [1.165, 1.54) is 148 Å². The van der Waals surface area contributed by atoms with Gasteiger partial charge >= 0.3 is 0 Å². The van der Waals surface area contributed by atoms with E-state index in [0.29, 0.717) is 12.8 Å². The smallest absolute Gasteiger partial charge is 0.220 e. The fourth-order valence-corrected chi connectivity index (χ4v) is 6.53. The van der Waals surface area contributed by atoms with Crippen molar-refractivity contribution in [2.45, 2.75) is 238 Å². The van der Waals surface area contributed by atoms with Crippen LogP contribution in [0.3, 0.4) is 0 Å². The molecule has 0 bridgehead atoms. The summed E-state index contributed by atoms with van der Waals surface area (Å²) in [6.07, 6.45) is 49.7. The summed E-state index contributed by atoms with van der Waals surface area (Å²) in [5, 5.41) is 33.4. The predicted octanol–water partition coefficient (Wildman–Crippen LogP) is 12.4. The molecule has 0 heterocycles. The first kappa shape index (κ1) is 48.6. The summed E-state index contributed by atoms with van der Waals surface area (Å²) in [6, 6.07) is -0.833. The standard InChI is InChI=1S/C45H85NO4/c1-3-5-7-9-11-13-15-17-18-19-20-21-22-23-24-25-26-28-30-32-34-36-38-40-44(49)46-42(41-47)45(50)43(48)39-37-35-33-31-29-27-16-14-12-10-8-6-4-2/h14,16,23-24,31,33,42-43,45,47-48,50H,3-13,15,17-22,25-30,32,34-41H2,1-2H3,(H,46,49)/b16-14+,24-23-,33-31+. The van der Waals surface area contributed by atoms with Gasteiger partial charge in [0.05, 0.1) is 18.8 Å². The number of unbranched alkanes of at least 4 members (excludes halogenated alkanes) is 25. The molecule has 0 aliphatic heterocycles. The second kappa shape index (κ2) is 40.3. The van der Waals surface area contributed by atoms with Gasteiger partial charge in [-0.25, -0.2) is 0 Å². The quantitative estimate of drug-likeness (QED) is 0.0379. The molecule has 0 saturated heterocycles. The summed E-state index contributed by atoms with van der Waals surface area (Å²) in [7, 11) is 0. The Kier molecular flexibility index (Phi) is 39.2. The SMILES string of the molecule is CCCCCC/C=C/CC/C=C/CCCC(O)C(O)C(CO)NC(=O)CCCCCCCCC/C=C\CCCCCCCCCCCCCC. The van der Waals surface area contributed by atoms with Gasteiger partial charge in [0.15, 0.2) is 0 Å². The second-order valence-corrected chi connectivity index (χ2v) is 14.9. The molecule has 0 spiro atoms. The average Bonchev–Trinajstić information content (AvgIpc) is 3.12. The number of allylic oxidation sites excluding steroid dienone is 6. The monoisotopic (exact) mass is 704 g/mol. The maximum Gasteiger partial charge on any atom is 0.220 e. The summed E-state index contributed by atoms with van der Waals surface area (Å²) in [5.74, 6) is -0.163. The molecule has 0 saturated carbocycles. The molecule has 5 heteroatoms. The van der Waals surface area contributed by atoms with E-state index in [1.807, 2.05) is 0 Å². The van der Waals surface area contributed by atoms with Gasteiger partial charge in [0.2, 0.25) is 5.91 Å². The average molecular weight is 704 g/mol. The molecule has 3 atom stereocenters. The molecule has 3 unspecified atom stereocenters. The van der Waals surface area contributed by atoms with Crippen LogP contribution in [0.1, 0.15) is 219 Å². The van der Waals surface area contributed by atoms with E-state index < -0.39 is 18.2 Å². The van der Waals surface area contributed by atoms with Gasteiger partial charge in [-0.15, -0.1) is 0 Å². The van der Waals surface area contributed by atoms with E-state index in [1.54, 1.807) is 0 Å². The number of carbonyl (C=O) groups excluding carboxylic acids is 1. The number of hydrogen-bond donors (Lipinski definition) is 4. The molecule has 1 amide bonds. The number of amides is 1. The molecule has 0 aromatic carbocycles. The minimum absolute atomic E-state index is 0.163. The van der Waals surface area contributed by atoms with Crippen LogP contribution >= 0.6 is 0 Å². The summed E-state index contributed by atoms with van der Waals surface area (Å²) in [5.41, 5.74) is 0. The lowest BCUT2D eigenvalue weighted by molar-refractivity contribution is -0.124. The van der Waals surface area contributed by atoms with Crippen molar-refractivity contribution >= 4 is 5.91 Å². The van der Waals surface area contributed by atoms with Crippen LogP contribution in [0.15, 0.2) is 36.5 Å². The Balaban J connectivity index is 3.65. The van der Waals surface area contributed by atoms with Crippen molar-refractivity contribution in [3.8, 4) is 0 Å². The van der Waals surface area contributed by atoms with Gasteiger partial charge in [0.1, 0.15) is 6.10 Å². The van der Waals surface area contributed by atoms with Gasteiger partial charge in [-0.3, -0.25) is 4.79 Å². The van der Waals surface area contributed by atoms with Gasteiger partial charge in [-0.2, -0.15) is 0 Å². The van der Waals surface area contributed by atoms with E-state index >= 15 is 0 Å². The van der Waals surface area contributed by atoms with Gasteiger partial charge in [-0.05, 0) is 77.0 Å². The predicted molar refractivity (Wildman–Crippen MR) is 218 cm³/mol. The molecule has 0 aromatic heterocycles. The lowest BCUT2D eigenvalue weighted by Gasteiger charge is -2.26. The molecule has 0 aromatic rings. The summed E-state index contributed by atoms with van der Waals surface area (Å²) in [4.78, 5) is 12.4. The second-order valence-electron chi connectivity index (χ2n) is 14.9. The number of aliphatic hydroxyl groups excluding tert-OH is 3. The van der Waals surface area contributed by atoms with Crippen molar-refractivity contribution in [2.24, 2.45) is 0 Å². The van der Waals surface area contributed by atoms with Crippen molar-refractivity contribution in [2.75, 3.05) is 6.61 Å². The molecule has 0 fully saturated rings. The summed E-state index contributed by atoms with van der Waals surface area (Å²) < 4.78 is 0. The lowest BCUT2D eigenvalue weighted by Crippen LogP contribution is -2.50. The highest BCUT2D eigenvalue weighted by atomic mass is 16.3. The van der Waals surface area contributed by atoms with Crippen LogP contribution < -0.4 is 5.32 Å². The third-order valence-corrected chi connectivity index (χ3v) is 9.94. The molecule has 50 heavy (non-hydrogen) atoms. The lowest BCUT2D eigenvalue weighted by atomic mass is 10.0. The molecular weight excluding hydrogens is 618 g/mol. The molecule has 294 valence electrons.